The van der Waals surface area contributed by atoms with Crippen molar-refractivity contribution in [2.45, 2.75) is 17.8 Å². The molecule has 0 aromatic carbocycles. The summed E-state index contributed by atoms with van der Waals surface area (Å²) >= 11 is 10.6. The van der Waals surface area contributed by atoms with Gasteiger partial charge in [-0.1, -0.05) is 0 Å². The normalized spacial score (nSPS) is 17.1. The third-order valence-electron chi connectivity index (χ3n) is 0.439. The average molecular weight is 164 g/mol. The van der Waals surface area contributed by atoms with Gasteiger partial charge in [-0.05, 0) is 6.92 Å². The Labute approximate surface area is 59.6 Å². The summed E-state index contributed by atoms with van der Waals surface area (Å²) in [6.45, 7) is 1.75. The van der Waals surface area contributed by atoms with Crippen LogP contribution in [0.15, 0.2) is 0 Å². The highest BCUT2D eigenvalue weighted by molar-refractivity contribution is 6.29. The van der Waals surface area contributed by atoms with E-state index in [0.717, 1.165) is 0 Å². The molecule has 2 unspecified atom stereocenters. The van der Waals surface area contributed by atoms with E-state index in [1.54, 1.807) is 6.92 Å². The maximum atomic E-state index is 5.36. The molecule has 0 saturated carbocycles. The van der Waals surface area contributed by atoms with E-state index in [2.05, 4.69) is 0 Å². The first kappa shape index (κ1) is 10.7. The van der Waals surface area contributed by atoms with Crippen LogP contribution in [0.1, 0.15) is 6.92 Å². The van der Waals surface area contributed by atoms with Crippen LogP contribution in [0.2, 0.25) is 0 Å². The number of nitrogens with two attached hydrogens (primary N) is 1. The zero-order chi connectivity index (χ0) is 5.15. The van der Waals surface area contributed by atoms with Gasteiger partial charge in [-0.15, -0.1) is 35.6 Å². The van der Waals surface area contributed by atoms with E-state index in [4.69, 9.17) is 28.9 Å². The lowest BCUT2D eigenvalue weighted by Gasteiger charge is -2.00. The second-order valence-electron chi connectivity index (χ2n) is 1.12. The highest BCUT2D eigenvalue weighted by atomic mass is 35.5. The zero-order valence-corrected chi connectivity index (χ0v) is 6.22. The van der Waals surface area contributed by atoms with Crippen molar-refractivity contribution in [1.82, 2.24) is 0 Å². The number of hydrogen-bond donors (Lipinski definition) is 1. The van der Waals surface area contributed by atoms with E-state index >= 15 is 0 Å². The predicted molar refractivity (Wildman–Crippen MR) is 36.4 cm³/mol. The Morgan fingerprint density at radius 3 is 1.57 bits per heavy atom. The zero-order valence-electron chi connectivity index (χ0n) is 3.90. The highest BCUT2D eigenvalue weighted by Crippen LogP contribution is 2.00. The molecular formula is C3H8Cl3N. The molecule has 0 rings (SSSR count). The van der Waals surface area contributed by atoms with Gasteiger partial charge in [-0.3, -0.25) is 0 Å². The Morgan fingerprint density at radius 1 is 1.43 bits per heavy atom. The lowest BCUT2D eigenvalue weighted by molar-refractivity contribution is 0.866. The second kappa shape index (κ2) is 4.98. The molecule has 0 saturated heterocycles. The fourth-order valence-corrected chi connectivity index (χ4v) is 0. The number of halogens is 3. The summed E-state index contributed by atoms with van der Waals surface area (Å²) < 4.78 is 0. The van der Waals surface area contributed by atoms with Gasteiger partial charge >= 0.3 is 0 Å². The Bertz CT molecular complexity index is 31.2. The molecule has 0 radical (unpaired) electrons. The summed E-state index contributed by atoms with van der Waals surface area (Å²) in [6, 6.07) is 0. The Hall–Kier alpha value is 0.830. The third-order valence-corrected chi connectivity index (χ3v) is 1.22. The minimum atomic E-state index is -0.410. The molecule has 0 heterocycles. The van der Waals surface area contributed by atoms with E-state index in [0.29, 0.717) is 0 Å². The second-order valence-corrected chi connectivity index (χ2v) is 2.31. The van der Waals surface area contributed by atoms with Crippen LogP contribution in [0.3, 0.4) is 0 Å². The van der Waals surface area contributed by atoms with Gasteiger partial charge in [-0.25, -0.2) is 0 Å². The first-order valence-electron chi connectivity index (χ1n) is 1.68. The van der Waals surface area contributed by atoms with Crippen LogP contribution in [0.25, 0.3) is 0 Å². The van der Waals surface area contributed by atoms with E-state index in [1.807, 2.05) is 0 Å². The third kappa shape index (κ3) is 6.83. The van der Waals surface area contributed by atoms with E-state index in [9.17, 15) is 0 Å². The molecule has 0 spiro atoms. The predicted octanol–water partition coefficient (Wildman–Crippen LogP) is 1.56. The fraction of sp³-hybridized carbons (Fsp3) is 1.00. The molecule has 1 nitrogen and oxygen atoms in total. The standard InChI is InChI=1S/C3H7Cl2N.ClH/c1-2(4)3(5)6;/h2-3H,6H2,1H3;1H. The number of hydrogen-bond acceptors (Lipinski definition) is 1. The van der Waals surface area contributed by atoms with Crippen molar-refractivity contribution in [3.8, 4) is 0 Å². The summed E-state index contributed by atoms with van der Waals surface area (Å²) in [6.07, 6.45) is 0. The number of alkyl halides is 2. The van der Waals surface area contributed by atoms with Crippen LogP contribution in [0, 0.1) is 0 Å². The monoisotopic (exact) mass is 163 g/mol. The maximum absolute atomic E-state index is 5.36. The van der Waals surface area contributed by atoms with E-state index < -0.39 is 5.50 Å². The van der Waals surface area contributed by atoms with Crippen molar-refractivity contribution >= 4 is 35.6 Å². The Balaban J connectivity index is 0. The molecule has 0 aromatic heterocycles. The van der Waals surface area contributed by atoms with Gasteiger partial charge in [0.15, 0.2) is 0 Å². The molecule has 0 bridgehead atoms. The minimum absolute atomic E-state index is 0. The van der Waals surface area contributed by atoms with Gasteiger partial charge in [0.25, 0.3) is 0 Å². The molecule has 2 N–H and O–H groups in total. The van der Waals surface area contributed by atoms with Gasteiger partial charge in [0.05, 0.1) is 10.9 Å². The summed E-state index contributed by atoms with van der Waals surface area (Å²) in [5, 5.41) is -0.133. The summed E-state index contributed by atoms with van der Waals surface area (Å²) in [5.41, 5.74) is 4.66. The average Bonchev–Trinajstić information content (AvgIpc) is 1.36. The van der Waals surface area contributed by atoms with Gasteiger partial charge in [0, 0.05) is 0 Å². The highest BCUT2D eigenvalue weighted by Gasteiger charge is 2.01. The molecule has 46 valence electrons. The molecule has 7 heavy (non-hydrogen) atoms. The smallest absolute Gasteiger partial charge is 0.0963 e. The Kier molecular flexibility index (Phi) is 7.64. The molecule has 4 heteroatoms. The molecule has 0 aliphatic rings. The molecular weight excluding hydrogens is 156 g/mol. The molecule has 0 aromatic rings. The van der Waals surface area contributed by atoms with Crippen molar-refractivity contribution in [3.63, 3.8) is 0 Å². The van der Waals surface area contributed by atoms with Crippen LogP contribution >= 0.6 is 35.6 Å². The summed E-state index contributed by atoms with van der Waals surface area (Å²) in [7, 11) is 0. The van der Waals surface area contributed by atoms with Crippen LogP contribution in [0.5, 0.6) is 0 Å². The molecule has 0 aliphatic heterocycles. The van der Waals surface area contributed by atoms with Gasteiger partial charge in [-0.2, -0.15) is 0 Å². The summed E-state index contributed by atoms with van der Waals surface area (Å²) in [4.78, 5) is 0. The maximum Gasteiger partial charge on any atom is 0.0963 e. The van der Waals surface area contributed by atoms with Crippen LogP contribution < -0.4 is 5.73 Å². The van der Waals surface area contributed by atoms with Crippen molar-refractivity contribution in [1.29, 1.82) is 0 Å². The van der Waals surface area contributed by atoms with E-state index in [1.165, 1.54) is 0 Å². The minimum Gasteiger partial charge on any atom is -0.314 e. The molecule has 0 aliphatic carbocycles. The van der Waals surface area contributed by atoms with Gasteiger partial charge < -0.3 is 5.73 Å². The van der Waals surface area contributed by atoms with Crippen molar-refractivity contribution in [2.24, 2.45) is 5.73 Å². The molecule has 0 amide bonds. The van der Waals surface area contributed by atoms with Crippen molar-refractivity contribution in [3.05, 3.63) is 0 Å². The first-order chi connectivity index (χ1) is 2.64. The lowest BCUT2D eigenvalue weighted by atomic mass is 10.5. The molecule has 2 atom stereocenters. The van der Waals surface area contributed by atoms with Crippen LogP contribution in [-0.2, 0) is 0 Å². The summed E-state index contributed by atoms with van der Waals surface area (Å²) in [5.74, 6) is 0. The van der Waals surface area contributed by atoms with Crippen LogP contribution in [0.4, 0.5) is 0 Å². The van der Waals surface area contributed by atoms with Crippen molar-refractivity contribution in [2.75, 3.05) is 0 Å². The Morgan fingerprint density at radius 2 is 1.57 bits per heavy atom. The molecule has 0 fully saturated rings. The SMILES string of the molecule is CC(Cl)C(N)Cl.Cl. The fourth-order valence-electron chi connectivity index (χ4n) is 0. The topological polar surface area (TPSA) is 26.0 Å². The quantitative estimate of drug-likeness (QED) is 0.462. The number of rotatable bonds is 1. The largest absolute Gasteiger partial charge is 0.314 e. The van der Waals surface area contributed by atoms with Gasteiger partial charge in [0.1, 0.15) is 0 Å². The van der Waals surface area contributed by atoms with Crippen LogP contribution in [-0.4, -0.2) is 10.9 Å². The lowest BCUT2D eigenvalue weighted by Crippen LogP contribution is -2.21. The van der Waals surface area contributed by atoms with Crippen molar-refractivity contribution < 1.29 is 0 Å². The van der Waals surface area contributed by atoms with Gasteiger partial charge in [0.2, 0.25) is 0 Å². The first-order valence-corrected chi connectivity index (χ1v) is 2.55. The van der Waals surface area contributed by atoms with E-state index in [-0.39, 0.29) is 17.8 Å².